The van der Waals surface area contributed by atoms with Gasteiger partial charge in [0.2, 0.25) is 5.91 Å². The Morgan fingerprint density at radius 1 is 1.09 bits per heavy atom. The van der Waals surface area contributed by atoms with Gasteiger partial charge in [0.1, 0.15) is 17.7 Å². The summed E-state index contributed by atoms with van der Waals surface area (Å²) < 4.78 is 34.4. The van der Waals surface area contributed by atoms with Gasteiger partial charge in [-0.3, -0.25) is 9.69 Å². The molecule has 1 saturated heterocycles. The lowest BCUT2D eigenvalue weighted by molar-refractivity contribution is -0.135. The molecule has 7 heteroatoms. The number of nitrogens with zero attached hydrogens (tertiary/aromatic N) is 2. The number of halogens is 2. The molecule has 5 nitrogen and oxygen atoms in total. The molecule has 3 aliphatic heterocycles. The highest BCUT2D eigenvalue weighted by Crippen LogP contribution is 2.36. The molecule has 0 aromatic heterocycles. The molecular weight excluding hydrogens is 424 g/mol. The van der Waals surface area contributed by atoms with Crippen molar-refractivity contribution >= 4 is 5.91 Å². The summed E-state index contributed by atoms with van der Waals surface area (Å²) in [5.41, 5.74) is 3.06. The molecule has 4 aliphatic rings. The Kier molecular flexibility index (Phi) is 6.81. The lowest BCUT2D eigenvalue weighted by Gasteiger charge is -2.41. The van der Waals surface area contributed by atoms with Crippen molar-refractivity contribution < 1.29 is 18.3 Å². The zero-order valence-corrected chi connectivity index (χ0v) is 19.5. The zero-order chi connectivity index (χ0) is 22.9. The summed E-state index contributed by atoms with van der Waals surface area (Å²) in [6.07, 6.45) is 6.04. The minimum Gasteiger partial charge on any atom is -0.370 e. The van der Waals surface area contributed by atoms with E-state index in [1.807, 2.05) is 6.92 Å². The summed E-state index contributed by atoms with van der Waals surface area (Å²) in [7, 11) is 0. The Hall–Kier alpha value is -1.83. The van der Waals surface area contributed by atoms with Crippen molar-refractivity contribution in [2.24, 2.45) is 5.92 Å². The number of carbonyl (C=O) groups excluding carboxylic acids is 1. The van der Waals surface area contributed by atoms with Crippen LogP contribution in [-0.4, -0.2) is 67.1 Å². The number of ether oxygens (including phenoxy) is 1. The molecule has 0 bridgehead atoms. The van der Waals surface area contributed by atoms with Crippen LogP contribution >= 0.6 is 0 Å². The van der Waals surface area contributed by atoms with E-state index in [9.17, 15) is 13.6 Å². The van der Waals surface area contributed by atoms with Gasteiger partial charge in [-0.15, -0.1) is 0 Å². The van der Waals surface area contributed by atoms with Crippen LogP contribution in [-0.2, 0) is 9.53 Å². The fraction of sp³-hybridized carbons (Fsp3) is 0.654. The van der Waals surface area contributed by atoms with E-state index < -0.39 is 17.7 Å². The van der Waals surface area contributed by atoms with E-state index in [2.05, 4.69) is 15.1 Å². The van der Waals surface area contributed by atoms with E-state index in [1.165, 1.54) is 42.5 Å². The van der Waals surface area contributed by atoms with Gasteiger partial charge in [-0.1, -0.05) is 26.2 Å². The number of hydrogen-bond donors (Lipinski definition) is 1. The smallest absolute Gasteiger partial charge is 0.226 e. The number of carbonyl (C=O) groups is 1. The first-order valence-corrected chi connectivity index (χ1v) is 12.6. The largest absolute Gasteiger partial charge is 0.370 e. The Morgan fingerprint density at radius 3 is 2.52 bits per heavy atom. The molecule has 1 amide bonds. The van der Waals surface area contributed by atoms with E-state index in [0.29, 0.717) is 18.1 Å². The molecule has 33 heavy (non-hydrogen) atoms. The Balaban J connectivity index is 1.19. The summed E-state index contributed by atoms with van der Waals surface area (Å²) in [4.78, 5) is 17.5. The van der Waals surface area contributed by atoms with Gasteiger partial charge in [0, 0.05) is 49.7 Å². The summed E-state index contributed by atoms with van der Waals surface area (Å²) in [6, 6.07) is 3.72. The SMILES string of the molecule is CCNC1CC(N2CC3=C(CN(C(=O)C4CCCCC4)C3)C2)COC1c1cc(F)ccc1F. The average Bonchev–Trinajstić information content (AvgIpc) is 3.41. The average molecular weight is 460 g/mol. The molecule has 1 aromatic rings. The topological polar surface area (TPSA) is 44.8 Å². The van der Waals surface area contributed by atoms with Crippen molar-refractivity contribution in [3.05, 3.63) is 46.5 Å². The van der Waals surface area contributed by atoms with Crippen molar-refractivity contribution in [2.45, 2.75) is 63.6 Å². The van der Waals surface area contributed by atoms with Gasteiger partial charge in [0.25, 0.3) is 0 Å². The molecule has 1 saturated carbocycles. The minimum absolute atomic E-state index is 0.0788. The van der Waals surface area contributed by atoms with E-state index in [4.69, 9.17) is 4.74 Å². The van der Waals surface area contributed by atoms with Crippen LogP contribution in [0.2, 0.25) is 0 Å². The van der Waals surface area contributed by atoms with Crippen LogP contribution in [0.15, 0.2) is 29.3 Å². The van der Waals surface area contributed by atoms with Gasteiger partial charge in [-0.25, -0.2) is 8.78 Å². The van der Waals surface area contributed by atoms with Crippen LogP contribution in [0.5, 0.6) is 0 Å². The van der Waals surface area contributed by atoms with Crippen LogP contribution in [0, 0.1) is 17.6 Å². The first-order chi connectivity index (χ1) is 16.0. The molecule has 180 valence electrons. The second-order valence-electron chi connectivity index (χ2n) is 10.1. The van der Waals surface area contributed by atoms with Gasteiger partial charge < -0.3 is 15.0 Å². The molecule has 1 aromatic carbocycles. The van der Waals surface area contributed by atoms with Gasteiger partial charge in [0.15, 0.2) is 0 Å². The zero-order valence-electron chi connectivity index (χ0n) is 19.5. The molecule has 3 unspecified atom stereocenters. The molecule has 3 atom stereocenters. The fourth-order valence-corrected chi connectivity index (χ4v) is 6.19. The third-order valence-corrected chi connectivity index (χ3v) is 7.92. The van der Waals surface area contributed by atoms with Gasteiger partial charge in [-0.2, -0.15) is 0 Å². The van der Waals surface area contributed by atoms with E-state index in [-0.39, 0.29) is 18.0 Å². The summed E-state index contributed by atoms with van der Waals surface area (Å²) in [5, 5.41) is 3.43. The first-order valence-electron chi connectivity index (χ1n) is 12.6. The van der Waals surface area contributed by atoms with E-state index >= 15 is 0 Å². The molecule has 5 rings (SSSR count). The van der Waals surface area contributed by atoms with Crippen LogP contribution in [0.25, 0.3) is 0 Å². The van der Waals surface area contributed by atoms with Crippen molar-refractivity contribution in [3.63, 3.8) is 0 Å². The quantitative estimate of drug-likeness (QED) is 0.681. The number of amides is 1. The molecule has 3 heterocycles. The van der Waals surface area contributed by atoms with Crippen molar-refractivity contribution in [3.8, 4) is 0 Å². The molecule has 0 spiro atoms. The number of rotatable bonds is 5. The number of likely N-dealkylation sites (N-methyl/N-ethyl adjacent to an activating group) is 1. The summed E-state index contributed by atoms with van der Waals surface area (Å²) >= 11 is 0. The fourth-order valence-electron chi connectivity index (χ4n) is 6.19. The highest BCUT2D eigenvalue weighted by Gasteiger charge is 2.41. The maximum absolute atomic E-state index is 14.4. The third-order valence-electron chi connectivity index (χ3n) is 7.92. The normalized spacial score (nSPS) is 29.1. The maximum atomic E-state index is 14.4. The predicted octanol–water partition coefficient (Wildman–Crippen LogP) is 3.81. The summed E-state index contributed by atoms with van der Waals surface area (Å²) in [6.45, 7) is 6.53. The molecular formula is C26H35F2N3O2. The lowest BCUT2D eigenvalue weighted by Crippen LogP contribution is -2.51. The molecule has 1 aliphatic carbocycles. The Morgan fingerprint density at radius 2 is 1.82 bits per heavy atom. The van der Waals surface area contributed by atoms with Crippen molar-refractivity contribution in [1.82, 2.24) is 15.1 Å². The maximum Gasteiger partial charge on any atom is 0.226 e. The monoisotopic (exact) mass is 459 g/mol. The molecule has 1 N–H and O–H groups in total. The van der Waals surface area contributed by atoms with Crippen LogP contribution < -0.4 is 5.32 Å². The Labute approximate surface area is 195 Å². The number of hydrogen-bond acceptors (Lipinski definition) is 4. The second kappa shape index (κ2) is 9.80. The third kappa shape index (κ3) is 4.73. The van der Waals surface area contributed by atoms with Crippen molar-refractivity contribution in [1.29, 1.82) is 0 Å². The van der Waals surface area contributed by atoms with Crippen LogP contribution in [0.4, 0.5) is 8.78 Å². The van der Waals surface area contributed by atoms with Crippen LogP contribution in [0.1, 0.15) is 57.1 Å². The Bertz CT molecular complexity index is 897. The predicted molar refractivity (Wildman–Crippen MR) is 123 cm³/mol. The van der Waals surface area contributed by atoms with Crippen LogP contribution in [0.3, 0.4) is 0 Å². The lowest BCUT2D eigenvalue weighted by atomic mass is 9.88. The number of benzene rings is 1. The highest BCUT2D eigenvalue weighted by atomic mass is 19.1. The molecule has 0 radical (unpaired) electrons. The van der Waals surface area contributed by atoms with E-state index in [1.54, 1.807) is 0 Å². The van der Waals surface area contributed by atoms with E-state index in [0.717, 1.165) is 58.1 Å². The first kappa shape index (κ1) is 22.9. The number of nitrogens with one attached hydrogen (secondary N) is 1. The minimum atomic E-state index is -0.497. The van der Waals surface area contributed by atoms with Gasteiger partial charge >= 0.3 is 0 Å². The molecule has 2 fully saturated rings. The summed E-state index contributed by atoms with van der Waals surface area (Å²) in [5.74, 6) is -0.293. The standard InChI is InChI=1S/C26H35F2N3O2/c1-2-29-24-11-21(16-33-25(24)22-10-20(27)8-9-23(22)28)30-12-18-14-31(15-19(18)13-30)26(32)17-6-4-3-5-7-17/h8-10,17,21,24-25,29H,2-7,11-16H2,1H3. The van der Waals surface area contributed by atoms with Gasteiger partial charge in [0.05, 0.1) is 6.61 Å². The second-order valence-corrected chi connectivity index (χ2v) is 10.1. The van der Waals surface area contributed by atoms with Crippen molar-refractivity contribution in [2.75, 3.05) is 39.3 Å². The van der Waals surface area contributed by atoms with Gasteiger partial charge in [-0.05, 0) is 55.2 Å². The highest BCUT2D eigenvalue weighted by molar-refractivity contribution is 5.80.